The van der Waals surface area contributed by atoms with Crippen LogP contribution in [-0.2, 0) is 6.42 Å². The van der Waals surface area contributed by atoms with Crippen LogP contribution in [0.15, 0.2) is 84.9 Å². The molecule has 1 unspecified atom stereocenters. The molecule has 5 nitrogen and oxygen atoms in total. The van der Waals surface area contributed by atoms with Crippen molar-refractivity contribution in [3.8, 4) is 0 Å². The summed E-state index contributed by atoms with van der Waals surface area (Å²) in [6.45, 7) is 6.08. The minimum atomic E-state index is -0.0367. The minimum absolute atomic E-state index is 0.0225. The van der Waals surface area contributed by atoms with Gasteiger partial charge in [0.15, 0.2) is 0 Å². The summed E-state index contributed by atoms with van der Waals surface area (Å²) in [5.41, 5.74) is 4.35. The van der Waals surface area contributed by atoms with Gasteiger partial charge in [-0.2, -0.15) is 0 Å². The lowest BCUT2D eigenvalue weighted by Gasteiger charge is -2.41. The Labute approximate surface area is 190 Å². The smallest absolute Gasteiger partial charge is 0.254 e. The standard InChI is InChI=1S/C27H30N4O/c32-27-24-13-7-8-14-25(24)31(26(28-27)21-22-9-3-1-4-10-22)20-17-29-15-18-30(19-16-29)23-11-5-2-6-12-23/h1-14,26H,15-21H2,(H,28,32). The molecule has 164 valence electrons. The first-order valence-corrected chi connectivity index (χ1v) is 11.5. The Morgan fingerprint density at radius 1 is 0.750 bits per heavy atom. The zero-order valence-electron chi connectivity index (χ0n) is 18.4. The second kappa shape index (κ2) is 9.45. The third kappa shape index (κ3) is 4.48. The first-order chi connectivity index (χ1) is 15.8. The van der Waals surface area contributed by atoms with E-state index >= 15 is 0 Å². The molecule has 0 aromatic heterocycles. The van der Waals surface area contributed by atoms with Gasteiger partial charge in [-0.05, 0) is 29.8 Å². The summed E-state index contributed by atoms with van der Waals surface area (Å²) in [5, 5.41) is 3.25. The van der Waals surface area contributed by atoms with E-state index in [1.54, 1.807) is 0 Å². The van der Waals surface area contributed by atoms with Crippen LogP contribution in [0.3, 0.4) is 0 Å². The fraction of sp³-hybridized carbons (Fsp3) is 0.296. The van der Waals surface area contributed by atoms with E-state index < -0.39 is 0 Å². The van der Waals surface area contributed by atoms with Gasteiger partial charge in [0, 0.05) is 51.4 Å². The summed E-state index contributed by atoms with van der Waals surface area (Å²) >= 11 is 0. The van der Waals surface area contributed by atoms with Gasteiger partial charge in [-0.25, -0.2) is 0 Å². The van der Waals surface area contributed by atoms with Crippen molar-refractivity contribution in [1.29, 1.82) is 0 Å². The molecule has 3 aromatic carbocycles. The Bertz CT molecular complexity index is 1030. The van der Waals surface area contributed by atoms with Gasteiger partial charge in [-0.3, -0.25) is 9.69 Å². The van der Waals surface area contributed by atoms with Gasteiger partial charge >= 0.3 is 0 Å². The third-order valence-electron chi connectivity index (χ3n) is 6.55. The minimum Gasteiger partial charge on any atom is -0.369 e. The van der Waals surface area contributed by atoms with Crippen LogP contribution in [0, 0.1) is 0 Å². The maximum atomic E-state index is 12.8. The molecule has 0 spiro atoms. The lowest BCUT2D eigenvalue weighted by atomic mass is 10.0. The number of amides is 1. The van der Waals surface area contributed by atoms with Gasteiger partial charge in [0.25, 0.3) is 5.91 Å². The predicted molar refractivity (Wildman–Crippen MR) is 130 cm³/mol. The molecular weight excluding hydrogens is 396 g/mol. The largest absolute Gasteiger partial charge is 0.369 e. The zero-order valence-corrected chi connectivity index (χ0v) is 18.4. The highest BCUT2D eigenvalue weighted by Crippen LogP contribution is 2.27. The van der Waals surface area contributed by atoms with Crippen molar-refractivity contribution in [2.24, 2.45) is 0 Å². The van der Waals surface area contributed by atoms with Crippen LogP contribution in [0.5, 0.6) is 0 Å². The number of nitrogens with zero attached hydrogens (tertiary/aromatic N) is 3. The Kier molecular flexibility index (Phi) is 6.08. The van der Waals surface area contributed by atoms with Gasteiger partial charge < -0.3 is 15.1 Å². The van der Waals surface area contributed by atoms with Crippen LogP contribution in [0.4, 0.5) is 11.4 Å². The Hall–Kier alpha value is -3.31. The van der Waals surface area contributed by atoms with Gasteiger partial charge in [-0.1, -0.05) is 60.7 Å². The second-order valence-corrected chi connectivity index (χ2v) is 8.55. The molecule has 3 aromatic rings. The van der Waals surface area contributed by atoms with Gasteiger partial charge in [0.2, 0.25) is 0 Å². The fourth-order valence-corrected chi connectivity index (χ4v) is 4.78. The summed E-state index contributed by atoms with van der Waals surface area (Å²) in [5.74, 6) is 0.0225. The number of nitrogens with one attached hydrogen (secondary N) is 1. The van der Waals surface area contributed by atoms with Crippen LogP contribution >= 0.6 is 0 Å². The highest BCUT2D eigenvalue weighted by atomic mass is 16.2. The van der Waals surface area contributed by atoms with E-state index in [9.17, 15) is 4.79 Å². The van der Waals surface area contributed by atoms with Gasteiger partial charge in [0.05, 0.1) is 11.3 Å². The van der Waals surface area contributed by atoms with E-state index in [1.807, 2.05) is 24.3 Å². The van der Waals surface area contributed by atoms with Crippen molar-refractivity contribution in [3.63, 3.8) is 0 Å². The van der Waals surface area contributed by atoms with Crippen LogP contribution < -0.4 is 15.1 Å². The number of carbonyl (C=O) groups is 1. The van der Waals surface area contributed by atoms with Crippen LogP contribution in [0.2, 0.25) is 0 Å². The maximum Gasteiger partial charge on any atom is 0.254 e. The normalized spacial score (nSPS) is 18.9. The Balaban J connectivity index is 1.27. The molecule has 0 radical (unpaired) electrons. The number of fused-ring (bicyclic) bond motifs is 1. The molecule has 0 aliphatic carbocycles. The van der Waals surface area contributed by atoms with Crippen molar-refractivity contribution in [3.05, 3.63) is 96.1 Å². The summed E-state index contributed by atoms with van der Waals surface area (Å²) in [7, 11) is 0. The Morgan fingerprint density at radius 3 is 2.16 bits per heavy atom. The first-order valence-electron chi connectivity index (χ1n) is 11.5. The molecule has 1 atom stereocenters. The van der Waals surface area contributed by atoms with E-state index in [1.165, 1.54) is 11.3 Å². The maximum absolute atomic E-state index is 12.8. The monoisotopic (exact) mass is 426 g/mol. The Morgan fingerprint density at radius 2 is 1.41 bits per heavy atom. The fourth-order valence-electron chi connectivity index (χ4n) is 4.78. The van der Waals surface area contributed by atoms with E-state index in [0.717, 1.165) is 56.9 Å². The van der Waals surface area contributed by atoms with E-state index in [0.29, 0.717) is 0 Å². The molecule has 1 N–H and O–H groups in total. The highest BCUT2D eigenvalue weighted by molar-refractivity contribution is 6.02. The number of anilines is 2. The number of hydrogen-bond donors (Lipinski definition) is 1. The lowest BCUT2D eigenvalue weighted by molar-refractivity contribution is 0.0925. The average molecular weight is 427 g/mol. The number of rotatable bonds is 6. The van der Waals surface area contributed by atoms with Crippen molar-refractivity contribution >= 4 is 17.3 Å². The van der Waals surface area contributed by atoms with Crippen LogP contribution in [-0.4, -0.2) is 56.2 Å². The number of para-hydroxylation sites is 2. The number of piperazine rings is 1. The van der Waals surface area contributed by atoms with Gasteiger partial charge in [0.1, 0.15) is 6.17 Å². The molecule has 0 saturated carbocycles. The molecule has 0 bridgehead atoms. The van der Waals surface area contributed by atoms with Crippen molar-refractivity contribution in [2.45, 2.75) is 12.6 Å². The second-order valence-electron chi connectivity index (χ2n) is 8.55. The molecule has 2 heterocycles. The summed E-state index contributed by atoms with van der Waals surface area (Å²) in [4.78, 5) is 20.1. The van der Waals surface area contributed by atoms with Crippen molar-refractivity contribution < 1.29 is 4.79 Å². The van der Waals surface area contributed by atoms with Crippen molar-refractivity contribution in [1.82, 2.24) is 10.2 Å². The molecule has 2 aliphatic rings. The van der Waals surface area contributed by atoms with E-state index in [2.05, 4.69) is 80.7 Å². The summed E-state index contributed by atoms with van der Waals surface area (Å²) in [6, 6.07) is 29.1. The molecule has 1 saturated heterocycles. The number of carbonyl (C=O) groups excluding carboxylic acids is 1. The summed E-state index contributed by atoms with van der Waals surface area (Å²) in [6.07, 6.45) is 0.758. The predicted octanol–water partition coefficient (Wildman–Crippen LogP) is 3.63. The number of hydrogen-bond acceptors (Lipinski definition) is 4. The van der Waals surface area contributed by atoms with E-state index in [-0.39, 0.29) is 12.1 Å². The molecule has 1 amide bonds. The van der Waals surface area contributed by atoms with E-state index in [4.69, 9.17) is 0 Å². The quantitative estimate of drug-likeness (QED) is 0.653. The SMILES string of the molecule is O=C1NC(Cc2ccccc2)N(CCN2CCN(c3ccccc3)CC2)c2ccccc21. The van der Waals surface area contributed by atoms with Crippen LogP contribution in [0.25, 0.3) is 0 Å². The lowest BCUT2D eigenvalue weighted by Crippen LogP contribution is -2.56. The highest BCUT2D eigenvalue weighted by Gasteiger charge is 2.31. The molecule has 5 rings (SSSR count). The molecule has 5 heteroatoms. The first kappa shape index (κ1) is 20.6. The molecule has 32 heavy (non-hydrogen) atoms. The third-order valence-corrected chi connectivity index (χ3v) is 6.55. The number of benzene rings is 3. The van der Waals surface area contributed by atoms with Crippen LogP contribution in [0.1, 0.15) is 15.9 Å². The zero-order chi connectivity index (χ0) is 21.8. The average Bonchev–Trinajstić information content (AvgIpc) is 2.85. The molecule has 2 aliphatic heterocycles. The summed E-state index contributed by atoms with van der Waals surface area (Å²) < 4.78 is 0. The van der Waals surface area contributed by atoms with Gasteiger partial charge in [-0.15, -0.1) is 0 Å². The molecular formula is C27H30N4O. The molecule has 1 fully saturated rings. The topological polar surface area (TPSA) is 38.8 Å². The van der Waals surface area contributed by atoms with Crippen molar-refractivity contribution in [2.75, 3.05) is 49.1 Å².